The molecule has 0 bridgehead atoms. The summed E-state index contributed by atoms with van der Waals surface area (Å²) in [5.74, 6) is 0.353. The van der Waals surface area contributed by atoms with Crippen molar-refractivity contribution in [2.45, 2.75) is 20.4 Å². The minimum Gasteiger partial charge on any atom is -0.497 e. The molecule has 0 radical (unpaired) electrons. The average Bonchev–Trinajstić information content (AvgIpc) is 3.13. The molecule has 8 heteroatoms. The molecule has 0 saturated carbocycles. The number of rotatable bonds is 8. The molecule has 0 N–H and O–H groups in total. The van der Waals surface area contributed by atoms with E-state index < -0.39 is 5.97 Å². The SMILES string of the molecule is CCOc1cc(/C=C2\SC(=O)N(Cc3cccc(C)c3)C2=O)ccc1OC(=O)c1ccc(OC)cc1. The molecule has 184 valence electrons. The summed E-state index contributed by atoms with van der Waals surface area (Å²) in [7, 11) is 1.55. The van der Waals surface area contributed by atoms with Crippen molar-refractivity contribution in [2.75, 3.05) is 13.7 Å². The van der Waals surface area contributed by atoms with Crippen LogP contribution in [0, 0.1) is 6.92 Å². The van der Waals surface area contributed by atoms with E-state index in [2.05, 4.69) is 0 Å². The Labute approximate surface area is 213 Å². The third kappa shape index (κ3) is 5.78. The maximum Gasteiger partial charge on any atom is 0.343 e. The highest BCUT2D eigenvalue weighted by Crippen LogP contribution is 2.35. The van der Waals surface area contributed by atoms with Gasteiger partial charge in [-0.1, -0.05) is 35.9 Å². The molecule has 0 aliphatic carbocycles. The van der Waals surface area contributed by atoms with Crippen molar-refractivity contribution < 1.29 is 28.6 Å². The number of aryl methyl sites for hydroxylation is 1. The zero-order valence-electron chi connectivity index (χ0n) is 20.1. The first-order chi connectivity index (χ1) is 17.4. The minimum atomic E-state index is -0.538. The maximum atomic E-state index is 12.9. The second-order valence-electron chi connectivity index (χ2n) is 8.01. The van der Waals surface area contributed by atoms with E-state index in [1.165, 1.54) is 4.90 Å². The van der Waals surface area contributed by atoms with Crippen molar-refractivity contribution in [3.05, 3.63) is 93.9 Å². The van der Waals surface area contributed by atoms with Crippen LogP contribution in [0.15, 0.2) is 71.6 Å². The quantitative estimate of drug-likeness (QED) is 0.216. The topological polar surface area (TPSA) is 82.1 Å². The average molecular weight is 504 g/mol. The predicted molar refractivity (Wildman–Crippen MR) is 138 cm³/mol. The van der Waals surface area contributed by atoms with E-state index in [1.807, 2.05) is 38.1 Å². The summed E-state index contributed by atoms with van der Waals surface area (Å²) in [6.07, 6.45) is 1.64. The van der Waals surface area contributed by atoms with Gasteiger partial charge in [-0.05, 0) is 79.2 Å². The number of ether oxygens (including phenoxy) is 3. The van der Waals surface area contributed by atoms with Gasteiger partial charge >= 0.3 is 5.97 Å². The molecule has 2 amide bonds. The van der Waals surface area contributed by atoms with Crippen LogP contribution in [0.3, 0.4) is 0 Å². The van der Waals surface area contributed by atoms with Crippen molar-refractivity contribution >= 4 is 35.0 Å². The van der Waals surface area contributed by atoms with Crippen LogP contribution < -0.4 is 14.2 Å². The first-order valence-corrected chi connectivity index (χ1v) is 12.1. The van der Waals surface area contributed by atoms with Crippen molar-refractivity contribution in [1.29, 1.82) is 0 Å². The van der Waals surface area contributed by atoms with Gasteiger partial charge < -0.3 is 14.2 Å². The second kappa shape index (κ2) is 11.1. The number of hydrogen-bond donors (Lipinski definition) is 0. The lowest BCUT2D eigenvalue weighted by Crippen LogP contribution is -2.27. The number of methoxy groups -OCH3 is 1. The summed E-state index contributed by atoms with van der Waals surface area (Å²) in [5.41, 5.74) is 2.96. The van der Waals surface area contributed by atoms with Crippen LogP contribution in [-0.4, -0.2) is 35.7 Å². The summed E-state index contributed by atoms with van der Waals surface area (Å²) >= 11 is 0.896. The van der Waals surface area contributed by atoms with Gasteiger partial charge in [0, 0.05) is 0 Å². The van der Waals surface area contributed by atoms with Crippen LogP contribution >= 0.6 is 11.8 Å². The molecule has 7 nitrogen and oxygen atoms in total. The van der Waals surface area contributed by atoms with Gasteiger partial charge in [0.15, 0.2) is 11.5 Å². The van der Waals surface area contributed by atoms with Crippen LogP contribution in [0.5, 0.6) is 17.2 Å². The minimum absolute atomic E-state index is 0.216. The highest BCUT2D eigenvalue weighted by Gasteiger charge is 2.35. The molecule has 1 aliphatic heterocycles. The predicted octanol–water partition coefficient (Wildman–Crippen LogP) is 5.86. The monoisotopic (exact) mass is 503 g/mol. The van der Waals surface area contributed by atoms with Crippen molar-refractivity contribution in [3.63, 3.8) is 0 Å². The number of thioether (sulfide) groups is 1. The van der Waals surface area contributed by atoms with Gasteiger partial charge in [0.05, 0.1) is 30.7 Å². The van der Waals surface area contributed by atoms with E-state index in [-0.39, 0.29) is 23.4 Å². The summed E-state index contributed by atoms with van der Waals surface area (Å²) in [5, 5.41) is -0.317. The fourth-order valence-electron chi connectivity index (χ4n) is 3.63. The van der Waals surface area contributed by atoms with Crippen LogP contribution in [-0.2, 0) is 11.3 Å². The smallest absolute Gasteiger partial charge is 0.343 e. The van der Waals surface area contributed by atoms with E-state index in [4.69, 9.17) is 14.2 Å². The van der Waals surface area contributed by atoms with Gasteiger partial charge in [-0.3, -0.25) is 14.5 Å². The molecule has 4 rings (SSSR count). The Bertz CT molecular complexity index is 1330. The number of carbonyl (C=O) groups excluding carboxylic acids is 3. The molecule has 0 unspecified atom stereocenters. The van der Waals surface area contributed by atoms with Gasteiger partial charge in [0.25, 0.3) is 11.1 Å². The number of nitrogens with zero attached hydrogens (tertiary/aromatic N) is 1. The van der Waals surface area contributed by atoms with Crippen LogP contribution in [0.25, 0.3) is 6.08 Å². The zero-order valence-corrected chi connectivity index (χ0v) is 21.0. The molecule has 1 heterocycles. The molecule has 1 fully saturated rings. The Morgan fingerprint density at radius 1 is 1.00 bits per heavy atom. The summed E-state index contributed by atoms with van der Waals surface area (Å²) < 4.78 is 16.3. The molecule has 0 aromatic heterocycles. The number of esters is 1. The van der Waals surface area contributed by atoms with Gasteiger partial charge in [-0.25, -0.2) is 4.79 Å². The van der Waals surface area contributed by atoms with E-state index in [0.29, 0.717) is 34.1 Å². The molecule has 3 aromatic carbocycles. The molecule has 0 spiro atoms. The van der Waals surface area contributed by atoms with E-state index in [0.717, 1.165) is 22.9 Å². The lowest BCUT2D eigenvalue weighted by atomic mass is 10.1. The molecule has 1 aliphatic rings. The maximum absolute atomic E-state index is 12.9. The van der Waals surface area contributed by atoms with E-state index in [1.54, 1.807) is 55.7 Å². The molecule has 3 aromatic rings. The zero-order chi connectivity index (χ0) is 25.7. The normalized spacial score (nSPS) is 14.3. The fourth-order valence-corrected chi connectivity index (χ4v) is 4.47. The summed E-state index contributed by atoms with van der Waals surface area (Å²) in [4.78, 5) is 39.6. The highest BCUT2D eigenvalue weighted by molar-refractivity contribution is 8.18. The lowest BCUT2D eigenvalue weighted by Gasteiger charge is -2.13. The number of benzene rings is 3. The first kappa shape index (κ1) is 25.1. The van der Waals surface area contributed by atoms with Gasteiger partial charge in [0.1, 0.15) is 5.75 Å². The van der Waals surface area contributed by atoms with E-state index in [9.17, 15) is 14.4 Å². The first-order valence-electron chi connectivity index (χ1n) is 11.3. The van der Waals surface area contributed by atoms with Crippen LogP contribution in [0.4, 0.5) is 4.79 Å². The number of imide groups is 1. The number of amides is 2. The molecular formula is C28H25NO6S. The summed E-state index contributed by atoms with van der Waals surface area (Å²) in [6, 6.07) is 19.3. The Morgan fingerprint density at radius 2 is 1.78 bits per heavy atom. The standard InChI is InChI=1S/C28H25NO6S/c1-4-34-24-15-19(8-13-23(24)35-27(31)21-9-11-22(33-3)12-10-21)16-25-26(30)29(28(32)36-25)17-20-7-5-6-18(2)14-20/h5-16H,4,17H2,1-3H3/b25-16-. The second-order valence-corrected chi connectivity index (χ2v) is 9.01. The number of carbonyl (C=O) groups is 3. The Balaban J connectivity index is 1.52. The fraction of sp³-hybridized carbons (Fsp3) is 0.179. The Hall–Kier alpha value is -4.04. The van der Waals surface area contributed by atoms with Gasteiger partial charge in [-0.2, -0.15) is 0 Å². The Kier molecular flexibility index (Phi) is 7.75. The van der Waals surface area contributed by atoms with Crippen LogP contribution in [0.2, 0.25) is 0 Å². The molecule has 1 saturated heterocycles. The third-order valence-electron chi connectivity index (χ3n) is 5.39. The van der Waals surface area contributed by atoms with E-state index >= 15 is 0 Å². The van der Waals surface area contributed by atoms with Crippen molar-refractivity contribution in [2.24, 2.45) is 0 Å². The summed E-state index contributed by atoms with van der Waals surface area (Å²) in [6.45, 7) is 4.35. The van der Waals surface area contributed by atoms with Gasteiger partial charge in [-0.15, -0.1) is 0 Å². The molecular weight excluding hydrogens is 478 g/mol. The van der Waals surface area contributed by atoms with Crippen LogP contribution in [0.1, 0.15) is 34.0 Å². The van der Waals surface area contributed by atoms with Crippen molar-refractivity contribution in [3.8, 4) is 17.2 Å². The third-order valence-corrected chi connectivity index (χ3v) is 6.30. The highest BCUT2D eigenvalue weighted by atomic mass is 32.2. The molecule has 0 atom stereocenters. The largest absolute Gasteiger partial charge is 0.497 e. The van der Waals surface area contributed by atoms with Crippen molar-refractivity contribution in [1.82, 2.24) is 4.90 Å². The number of hydrogen-bond acceptors (Lipinski definition) is 7. The molecule has 36 heavy (non-hydrogen) atoms. The lowest BCUT2D eigenvalue weighted by molar-refractivity contribution is -0.123. The Morgan fingerprint density at radius 3 is 2.47 bits per heavy atom. The van der Waals surface area contributed by atoms with Gasteiger partial charge in [0.2, 0.25) is 0 Å².